The van der Waals surface area contributed by atoms with Crippen LogP contribution in [-0.4, -0.2) is 40.6 Å². The van der Waals surface area contributed by atoms with Gasteiger partial charge in [0, 0.05) is 0 Å². The van der Waals surface area contributed by atoms with Crippen LogP contribution in [0.3, 0.4) is 0 Å². The number of sulfonamides is 1. The fraction of sp³-hybridized carbons (Fsp3) is 1.00. The van der Waals surface area contributed by atoms with E-state index in [1.165, 1.54) is 7.05 Å². The molecule has 0 aromatic heterocycles. The van der Waals surface area contributed by atoms with E-state index >= 15 is 0 Å². The van der Waals surface area contributed by atoms with Gasteiger partial charge in [0.1, 0.15) is 0 Å². The second-order valence-electron chi connectivity index (χ2n) is 2.77. The molecule has 1 aliphatic heterocycles. The Morgan fingerprint density at radius 3 is 2.33 bits per heavy atom. The highest BCUT2D eigenvalue weighted by atomic mass is 32.2. The highest BCUT2D eigenvalue weighted by Crippen LogP contribution is 2.17. The van der Waals surface area contributed by atoms with Crippen molar-refractivity contribution in [3.8, 4) is 0 Å². The quantitative estimate of drug-likeness (QED) is 0.619. The third-order valence-electron chi connectivity index (χ3n) is 1.91. The highest BCUT2D eigenvalue weighted by molar-refractivity contribution is 7.95. The van der Waals surface area contributed by atoms with Crippen LogP contribution in [0.4, 0.5) is 0 Å². The van der Waals surface area contributed by atoms with Crippen LogP contribution in [0.1, 0.15) is 6.42 Å². The lowest BCUT2D eigenvalue weighted by Gasteiger charge is -2.06. The molecule has 1 aliphatic rings. The molecule has 1 fully saturated rings. The molecule has 0 unspecified atom stereocenters. The van der Waals surface area contributed by atoms with Crippen LogP contribution in [0.25, 0.3) is 0 Å². The van der Waals surface area contributed by atoms with Gasteiger partial charge in [0.05, 0.1) is 16.8 Å². The normalized spacial score (nSPS) is 28.9. The van der Waals surface area contributed by atoms with Gasteiger partial charge >= 0.3 is 0 Å². The number of hydrogen-bond acceptors (Lipinski definition) is 4. The minimum Gasteiger partial charge on any atom is -0.229 e. The van der Waals surface area contributed by atoms with E-state index in [1.54, 1.807) is 0 Å². The van der Waals surface area contributed by atoms with Crippen molar-refractivity contribution in [1.82, 2.24) is 4.72 Å². The van der Waals surface area contributed by atoms with Crippen molar-refractivity contribution in [3.05, 3.63) is 0 Å². The van der Waals surface area contributed by atoms with Crippen molar-refractivity contribution in [2.45, 2.75) is 11.7 Å². The average Bonchev–Trinajstić information content (AvgIpc) is 2.31. The van der Waals surface area contributed by atoms with Gasteiger partial charge in [-0.2, -0.15) is 0 Å². The van der Waals surface area contributed by atoms with Crippen molar-refractivity contribution in [2.24, 2.45) is 0 Å². The first-order valence-electron chi connectivity index (χ1n) is 3.50. The molecule has 0 spiro atoms. The second-order valence-corrected chi connectivity index (χ2v) is 7.17. The van der Waals surface area contributed by atoms with Crippen LogP contribution < -0.4 is 4.72 Å². The fourth-order valence-electron chi connectivity index (χ4n) is 1.17. The molecular formula is C5H11NO4S2. The summed E-state index contributed by atoms with van der Waals surface area (Å²) in [5, 5.41) is -0.757. The molecule has 7 heteroatoms. The van der Waals surface area contributed by atoms with Crippen molar-refractivity contribution < 1.29 is 16.8 Å². The summed E-state index contributed by atoms with van der Waals surface area (Å²) in [6.07, 6.45) is 0.214. The summed E-state index contributed by atoms with van der Waals surface area (Å²) in [5.41, 5.74) is 0. The first-order chi connectivity index (χ1) is 5.37. The van der Waals surface area contributed by atoms with Gasteiger partial charge in [0.25, 0.3) is 0 Å². The molecule has 1 heterocycles. The number of rotatable bonds is 2. The monoisotopic (exact) mass is 213 g/mol. The van der Waals surface area contributed by atoms with E-state index in [0.717, 1.165) is 0 Å². The molecule has 0 aromatic rings. The molecule has 1 saturated heterocycles. The third kappa shape index (κ3) is 1.96. The van der Waals surface area contributed by atoms with E-state index in [4.69, 9.17) is 0 Å². The topological polar surface area (TPSA) is 80.3 Å². The van der Waals surface area contributed by atoms with Gasteiger partial charge in [-0.15, -0.1) is 0 Å². The lowest BCUT2D eigenvalue weighted by Crippen LogP contribution is -2.32. The van der Waals surface area contributed by atoms with E-state index in [0.29, 0.717) is 0 Å². The van der Waals surface area contributed by atoms with Crippen LogP contribution in [0.15, 0.2) is 0 Å². The maximum atomic E-state index is 11.1. The summed E-state index contributed by atoms with van der Waals surface area (Å²) in [6, 6.07) is 0. The SMILES string of the molecule is CNS(=O)(=O)[C@@H]1CCS(=O)(=O)C1. The number of sulfone groups is 1. The first-order valence-corrected chi connectivity index (χ1v) is 6.87. The zero-order valence-electron chi connectivity index (χ0n) is 6.65. The summed E-state index contributed by atoms with van der Waals surface area (Å²) in [7, 11) is -5.21. The molecular weight excluding hydrogens is 202 g/mol. The Morgan fingerprint density at radius 2 is 2.00 bits per heavy atom. The van der Waals surface area contributed by atoms with Crippen molar-refractivity contribution >= 4 is 19.9 Å². The van der Waals surface area contributed by atoms with E-state index in [-0.39, 0.29) is 17.9 Å². The lowest BCUT2D eigenvalue weighted by molar-refractivity contribution is 0.574. The zero-order valence-corrected chi connectivity index (χ0v) is 8.28. The molecule has 1 rings (SSSR count). The molecule has 0 radical (unpaired) electrons. The molecule has 0 bridgehead atoms. The standard InChI is InChI=1S/C5H11NO4S2/c1-6-12(9,10)5-2-3-11(7,8)4-5/h5-6H,2-4H2,1H3/t5-/m1/s1. The van der Waals surface area contributed by atoms with Gasteiger partial charge in [0.15, 0.2) is 9.84 Å². The van der Waals surface area contributed by atoms with Crippen LogP contribution in [0.2, 0.25) is 0 Å². The molecule has 0 saturated carbocycles. The van der Waals surface area contributed by atoms with Gasteiger partial charge in [-0.25, -0.2) is 21.6 Å². The number of hydrogen-bond donors (Lipinski definition) is 1. The van der Waals surface area contributed by atoms with E-state index < -0.39 is 25.1 Å². The third-order valence-corrected chi connectivity index (χ3v) is 5.74. The first kappa shape index (κ1) is 9.94. The van der Waals surface area contributed by atoms with Gasteiger partial charge < -0.3 is 0 Å². The number of nitrogens with one attached hydrogen (secondary N) is 1. The van der Waals surface area contributed by atoms with Crippen LogP contribution >= 0.6 is 0 Å². The molecule has 0 amide bonds. The Morgan fingerprint density at radius 1 is 1.42 bits per heavy atom. The van der Waals surface area contributed by atoms with Crippen LogP contribution in [0.5, 0.6) is 0 Å². The van der Waals surface area contributed by atoms with Crippen molar-refractivity contribution in [2.75, 3.05) is 18.6 Å². The largest absolute Gasteiger partial charge is 0.229 e. The van der Waals surface area contributed by atoms with Crippen LogP contribution in [0, 0.1) is 0 Å². The second kappa shape index (κ2) is 2.97. The van der Waals surface area contributed by atoms with Crippen LogP contribution in [-0.2, 0) is 19.9 Å². The molecule has 12 heavy (non-hydrogen) atoms. The molecule has 1 N–H and O–H groups in total. The Balaban J connectivity index is 2.85. The predicted molar refractivity (Wildman–Crippen MR) is 45.0 cm³/mol. The minimum atomic E-state index is -3.40. The van der Waals surface area contributed by atoms with E-state index in [2.05, 4.69) is 4.72 Å². The van der Waals surface area contributed by atoms with E-state index in [1.807, 2.05) is 0 Å². The highest BCUT2D eigenvalue weighted by Gasteiger charge is 2.36. The van der Waals surface area contributed by atoms with E-state index in [9.17, 15) is 16.8 Å². The molecule has 0 aliphatic carbocycles. The smallest absolute Gasteiger partial charge is 0.215 e. The Kier molecular flexibility index (Phi) is 2.46. The van der Waals surface area contributed by atoms with Gasteiger partial charge in [-0.1, -0.05) is 0 Å². The summed E-state index contributed by atoms with van der Waals surface area (Å²) in [4.78, 5) is 0. The van der Waals surface area contributed by atoms with Gasteiger partial charge in [0.2, 0.25) is 10.0 Å². The van der Waals surface area contributed by atoms with Gasteiger partial charge in [-0.3, -0.25) is 0 Å². The predicted octanol–water partition coefficient (Wildman–Crippen LogP) is -1.28. The minimum absolute atomic E-state index is 0.0153. The maximum Gasteiger partial charge on any atom is 0.215 e. The fourth-order valence-corrected chi connectivity index (χ4v) is 4.97. The Labute approximate surface area is 72.1 Å². The molecule has 0 aromatic carbocycles. The maximum absolute atomic E-state index is 11.1. The van der Waals surface area contributed by atoms with Crippen molar-refractivity contribution in [3.63, 3.8) is 0 Å². The Bertz CT molecular complexity index is 355. The average molecular weight is 213 g/mol. The van der Waals surface area contributed by atoms with Crippen molar-refractivity contribution in [1.29, 1.82) is 0 Å². The summed E-state index contributed by atoms with van der Waals surface area (Å²) >= 11 is 0. The van der Waals surface area contributed by atoms with Gasteiger partial charge in [-0.05, 0) is 13.5 Å². The summed E-state index contributed by atoms with van der Waals surface area (Å²) in [6.45, 7) is 0. The molecule has 72 valence electrons. The summed E-state index contributed by atoms with van der Waals surface area (Å²) in [5.74, 6) is -0.255. The Hall–Kier alpha value is -0.140. The molecule has 5 nitrogen and oxygen atoms in total. The molecule has 1 atom stereocenters. The summed E-state index contributed by atoms with van der Waals surface area (Å²) < 4.78 is 46.2. The zero-order chi connectivity index (χ0) is 9.41. The lowest BCUT2D eigenvalue weighted by atomic mass is 10.4.